The highest BCUT2D eigenvalue weighted by atomic mass is 16.5. The van der Waals surface area contributed by atoms with E-state index in [4.69, 9.17) is 4.74 Å². The molecule has 0 saturated carbocycles. The van der Waals surface area contributed by atoms with Crippen LogP contribution in [0, 0.1) is 0 Å². The SMILES string of the molecule is CCCCCCCCCCCCCCCCCCCCCCCCCCC(O)C(CO)NC(=O)CCCCCCCCCCCCCCCCCCCCCCCCCCCCCCCOC(=O)CCCCCCCCCCCCCCCCCCC. The molecule has 6 nitrogen and oxygen atoms in total. The van der Waals surface area contributed by atoms with Gasteiger partial charge < -0.3 is 20.3 Å². The molecule has 87 heavy (non-hydrogen) atoms. The summed E-state index contributed by atoms with van der Waals surface area (Å²) in [7, 11) is 0. The summed E-state index contributed by atoms with van der Waals surface area (Å²) in [4.78, 5) is 24.7. The van der Waals surface area contributed by atoms with Gasteiger partial charge in [0.15, 0.2) is 0 Å². The van der Waals surface area contributed by atoms with Gasteiger partial charge in [0.2, 0.25) is 5.91 Å². The summed E-state index contributed by atoms with van der Waals surface area (Å²) in [5.41, 5.74) is 0. The Kier molecular flexibility index (Phi) is 76.3. The van der Waals surface area contributed by atoms with Gasteiger partial charge in [-0.1, -0.05) is 444 Å². The van der Waals surface area contributed by atoms with E-state index in [9.17, 15) is 19.8 Å². The van der Waals surface area contributed by atoms with Crippen LogP contribution < -0.4 is 5.32 Å². The first-order valence-corrected chi connectivity index (χ1v) is 40.8. The number of carbonyl (C=O) groups excluding carboxylic acids is 2. The molecular formula is C81H161NO5. The molecule has 0 spiro atoms. The standard InChI is InChI=1S/C81H161NO5/c1-3-5-7-9-11-13-15-17-19-21-22-23-24-32-35-38-42-45-49-53-57-61-65-69-73-79(84)78(77-83)82-80(85)74-70-66-62-58-54-50-46-43-39-36-33-30-28-26-25-27-29-31-34-37-40-44-48-52-56-60-64-68-72-76-87-81(86)75-71-67-63-59-55-51-47-41-20-18-16-14-12-10-8-6-4-2/h78-79,83-84H,3-77H2,1-2H3,(H,82,85). The molecular weight excluding hydrogens is 1070 g/mol. The summed E-state index contributed by atoms with van der Waals surface area (Å²) in [5.74, 6) is 0.000588. The first-order valence-electron chi connectivity index (χ1n) is 40.8. The Morgan fingerprint density at radius 3 is 0.701 bits per heavy atom. The van der Waals surface area contributed by atoms with Crippen LogP contribution in [0.1, 0.15) is 483 Å². The van der Waals surface area contributed by atoms with E-state index in [1.165, 1.54) is 411 Å². The Morgan fingerprint density at radius 2 is 0.471 bits per heavy atom. The molecule has 0 aromatic heterocycles. The number of ether oxygens (including phenoxy) is 1. The molecule has 0 aliphatic heterocycles. The molecule has 0 saturated heterocycles. The van der Waals surface area contributed by atoms with Crippen LogP contribution in [0.15, 0.2) is 0 Å². The highest BCUT2D eigenvalue weighted by Crippen LogP contribution is 2.21. The van der Waals surface area contributed by atoms with Gasteiger partial charge in [-0.15, -0.1) is 0 Å². The van der Waals surface area contributed by atoms with Gasteiger partial charge in [0, 0.05) is 12.8 Å². The molecule has 520 valence electrons. The number of rotatable bonds is 78. The fraction of sp³-hybridized carbons (Fsp3) is 0.975. The van der Waals surface area contributed by atoms with E-state index in [2.05, 4.69) is 19.2 Å². The van der Waals surface area contributed by atoms with Gasteiger partial charge in [-0.2, -0.15) is 0 Å². The van der Waals surface area contributed by atoms with Gasteiger partial charge in [0.25, 0.3) is 0 Å². The zero-order chi connectivity index (χ0) is 62.8. The monoisotopic (exact) mass is 1230 g/mol. The highest BCUT2D eigenvalue weighted by Gasteiger charge is 2.20. The Hall–Kier alpha value is -1.14. The first kappa shape index (κ1) is 85.9. The maximum absolute atomic E-state index is 12.6. The van der Waals surface area contributed by atoms with Crippen LogP contribution in [0.2, 0.25) is 0 Å². The molecule has 0 aromatic rings. The fourth-order valence-corrected chi connectivity index (χ4v) is 13.5. The van der Waals surface area contributed by atoms with Crippen molar-refractivity contribution in [3.05, 3.63) is 0 Å². The maximum Gasteiger partial charge on any atom is 0.305 e. The third-order valence-electron chi connectivity index (χ3n) is 19.7. The minimum atomic E-state index is -0.662. The normalized spacial score (nSPS) is 12.4. The van der Waals surface area contributed by atoms with Crippen LogP contribution in [-0.2, 0) is 14.3 Å². The smallest absolute Gasteiger partial charge is 0.305 e. The summed E-state index contributed by atoms with van der Waals surface area (Å²) in [6.07, 6.45) is 96.3. The number of esters is 1. The van der Waals surface area contributed by atoms with Gasteiger partial charge >= 0.3 is 5.97 Å². The quantitative estimate of drug-likeness (QED) is 0.0417. The van der Waals surface area contributed by atoms with Crippen molar-refractivity contribution >= 4 is 11.9 Å². The fourth-order valence-electron chi connectivity index (χ4n) is 13.5. The van der Waals surface area contributed by atoms with E-state index in [1.807, 2.05) is 0 Å². The van der Waals surface area contributed by atoms with Gasteiger partial charge in [-0.05, 0) is 25.7 Å². The van der Waals surface area contributed by atoms with Crippen LogP contribution in [0.5, 0.6) is 0 Å². The minimum Gasteiger partial charge on any atom is -0.466 e. The van der Waals surface area contributed by atoms with E-state index in [-0.39, 0.29) is 18.5 Å². The van der Waals surface area contributed by atoms with Gasteiger partial charge in [-0.3, -0.25) is 9.59 Å². The molecule has 2 unspecified atom stereocenters. The lowest BCUT2D eigenvalue weighted by Crippen LogP contribution is -2.45. The topological polar surface area (TPSA) is 95.9 Å². The average Bonchev–Trinajstić information content (AvgIpc) is 3.58. The van der Waals surface area contributed by atoms with E-state index < -0.39 is 12.1 Å². The van der Waals surface area contributed by atoms with Crippen LogP contribution in [0.4, 0.5) is 0 Å². The molecule has 0 aromatic carbocycles. The van der Waals surface area contributed by atoms with E-state index in [0.29, 0.717) is 25.9 Å². The summed E-state index contributed by atoms with van der Waals surface area (Å²) in [5, 5.41) is 23.5. The molecule has 0 aliphatic carbocycles. The molecule has 3 N–H and O–H groups in total. The van der Waals surface area contributed by atoms with Crippen LogP contribution in [-0.4, -0.2) is 47.4 Å². The van der Waals surface area contributed by atoms with Crippen molar-refractivity contribution in [1.29, 1.82) is 0 Å². The molecule has 0 bridgehead atoms. The van der Waals surface area contributed by atoms with E-state index in [1.54, 1.807) is 0 Å². The molecule has 2 atom stereocenters. The molecule has 0 rings (SSSR count). The van der Waals surface area contributed by atoms with Crippen molar-refractivity contribution in [1.82, 2.24) is 5.32 Å². The zero-order valence-corrected chi connectivity index (χ0v) is 59.8. The molecule has 0 fully saturated rings. The second-order valence-electron chi connectivity index (χ2n) is 28.5. The summed E-state index contributed by atoms with van der Waals surface area (Å²) in [6.45, 7) is 5.03. The lowest BCUT2D eigenvalue weighted by atomic mass is 10.0. The third kappa shape index (κ3) is 73.8. The lowest BCUT2D eigenvalue weighted by molar-refractivity contribution is -0.143. The third-order valence-corrected chi connectivity index (χ3v) is 19.7. The van der Waals surface area contributed by atoms with E-state index >= 15 is 0 Å². The van der Waals surface area contributed by atoms with Gasteiger partial charge in [0.1, 0.15) is 0 Å². The van der Waals surface area contributed by atoms with Crippen LogP contribution in [0.25, 0.3) is 0 Å². The molecule has 0 radical (unpaired) electrons. The van der Waals surface area contributed by atoms with Crippen molar-refractivity contribution in [2.24, 2.45) is 0 Å². The van der Waals surface area contributed by atoms with Gasteiger partial charge in [0.05, 0.1) is 25.4 Å². The number of nitrogens with one attached hydrogen (secondary N) is 1. The van der Waals surface area contributed by atoms with Crippen LogP contribution >= 0.6 is 0 Å². The van der Waals surface area contributed by atoms with Crippen LogP contribution in [0.3, 0.4) is 0 Å². The number of unbranched alkanes of at least 4 members (excludes halogenated alkanes) is 67. The van der Waals surface area contributed by atoms with Gasteiger partial charge in [-0.25, -0.2) is 0 Å². The zero-order valence-electron chi connectivity index (χ0n) is 59.8. The second kappa shape index (κ2) is 77.3. The van der Waals surface area contributed by atoms with Crippen molar-refractivity contribution in [2.45, 2.75) is 495 Å². The summed E-state index contributed by atoms with van der Waals surface area (Å²) in [6, 6.07) is -0.539. The minimum absolute atomic E-state index is 0.0247. The summed E-state index contributed by atoms with van der Waals surface area (Å²) < 4.78 is 5.52. The highest BCUT2D eigenvalue weighted by molar-refractivity contribution is 5.76. The predicted molar refractivity (Wildman–Crippen MR) is 384 cm³/mol. The van der Waals surface area contributed by atoms with E-state index in [0.717, 1.165) is 38.5 Å². The number of aliphatic hydroxyl groups is 2. The molecule has 6 heteroatoms. The Morgan fingerprint density at radius 1 is 0.276 bits per heavy atom. The predicted octanol–water partition coefficient (Wildman–Crippen LogP) is 26.9. The Balaban J connectivity index is 3.32. The lowest BCUT2D eigenvalue weighted by Gasteiger charge is -2.22. The number of aliphatic hydroxyl groups excluding tert-OH is 2. The number of hydrogen-bond donors (Lipinski definition) is 3. The molecule has 0 heterocycles. The number of amides is 1. The Bertz CT molecular complexity index is 1280. The molecule has 1 amide bonds. The average molecular weight is 1230 g/mol. The number of carbonyl (C=O) groups is 2. The number of hydrogen-bond acceptors (Lipinski definition) is 5. The van der Waals surface area contributed by atoms with Crippen molar-refractivity contribution in [3.63, 3.8) is 0 Å². The van der Waals surface area contributed by atoms with Crippen molar-refractivity contribution < 1.29 is 24.5 Å². The first-order chi connectivity index (χ1) is 43.0. The summed E-state index contributed by atoms with van der Waals surface area (Å²) >= 11 is 0. The van der Waals surface area contributed by atoms with Crippen molar-refractivity contribution in [2.75, 3.05) is 13.2 Å². The Labute approximate surface area is 547 Å². The second-order valence-corrected chi connectivity index (χ2v) is 28.5. The largest absolute Gasteiger partial charge is 0.466 e. The maximum atomic E-state index is 12.6. The molecule has 0 aliphatic rings. The van der Waals surface area contributed by atoms with Crippen molar-refractivity contribution in [3.8, 4) is 0 Å².